The molecule has 0 spiro atoms. The number of carbonyl (C=O) groups excluding carboxylic acids is 2. The molecule has 6 heteroatoms. The molecular formula is C20H29N3O3. The first-order valence-corrected chi connectivity index (χ1v) is 9.46. The minimum atomic E-state index is 0.0317. The molecule has 2 fully saturated rings. The summed E-state index contributed by atoms with van der Waals surface area (Å²) in [6.45, 7) is 9.37. The van der Waals surface area contributed by atoms with Gasteiger partial charge in [-0.2, -0.15) is 0 Å². The molecule has 142 valence electrons. The number of amides is 2. The molecule has 1 unspecified atom stereocenters. The van der Waals surface area contributed by atoms with Gasteiger partial charge in [0, 0.05) is 45.2 Å². The van der Waals surface area contributed by atoms with Crippen molar-refractivity contribution >= 4 is 11.8 Å². The van der Waals surface area contributed by atoms with Crippen molar-refractivity contribution < 1.29 is 14.3 Å². The zero-order valence-electron chi connectivity index (χ0n) is 15.8. The predicted octanol–water partition coefficient (Wildman–Crippen LogP) is 1.28. The maximum Gasteiger partial charge on any atom is 0.242 e. The van der Waals surface area contributed by atoms with E-state index in [1.807, 2.05) is 4.90 Å². The number of benzene rings is 1. The molecule has 1 atom stereocenters. The smallest absolute Gasteiger partial charge is 0.242 e. The largest absolute Gasteiger partial charge is 0.379 e. The standard InChI is InChI=1S/C20H29N3O3/c1-16-3-5-18(6-4-16)14-22-7-8-23(15-20(22)25)19(24)13-17(2)21-9-11-26-12-10-21/h3-6,17H,7-15H2,1-2H3. The van der Waals surface area contributed by atoms with E-state index in [1.54, 1.807) is 4.90 Å². The van der Waals surface area contributed by atoms with E-state index < -0.39 is 0 Å². The SMILES string of the molecule is Cc1ccc(CN2CCN(C(=O)CC(C)N3CCOCC3)CC2=O)cc1. The minimum Gasteiger partial charge on any atom is -0.379 e. The summed E-state index contributed by atoms with van der Waals surface area (Å²) in [5.41, 5.74) is 2.34. The molecule has 0 bridgehead atoms. The molecule has 2 aliphatic rings. The molecule has 6 nitrogen and oxygen atoms in total. The number of rotatable bonds is 5. The highest BCUT2D eigenvalue weighted by atomic mass is 16.5. The van der Waals surface area contributed by atoms with Gasteiger partial charge in [-0.05, 0) is 19.4 Å². The van der Waals surface area contributed by atoms with Crippen molar-refractivity contribution in [3.05, 3.63) is 35.4 Å². The Morgan fingerprint density at radius 2 is 1.81 bits per heavy atom. The summed E-state index contributed by atoms with van der Waals surface area (Å²) >= 11 is 0. The van der Waals surface area contributed by atoms with E-state index in [1.165, 1.54) is 5.56 Å². The molecule has 3 rings (SSSR count). The summed E-state index contributed by atoms with van der Waals surface area (Å²) < 4.78 is 5.37. The Morgan fingerprint density at radius 1 is 1.12 bits per heavy atom. The average molecular weight is 359 g/mol. The zero-order valence-corrected chi connectivity index (χ0v) is 15.8. The van der Waals surface area contributed by atoms with E-state index >= 15 is 0 Å². The van der Waals surface area contributed by atoms with E-state index in [0.29, 0.717) is 26.1 Å². The fourth-order valence-corrected chi connectivity index (χ4v) is 3.53. The van der Waals surface area contributed by atoms with Gasteiger partial charge in [0.05, 0.1) is 19.8 Å². The van der Waals surface area contributed by atoms with Gasteiger partial charge in [0.1, 0.15) is 0 Å². The Morgan fingerprint density at radius 3 is 2.46 bits per heavy atom. The number of hydrogen-bond acceptors (Lipinski definition) is 4. The number of hydrogen-bond donors (Lipinski definition) is 0. The average Bonchev–Trinajstić information content (AvgIpc) is 2.65. The number of aryl methyl sites for hydroxylation is 1. The van der Waals surface area contributed by atoms with Crippen molar-refractivity contribution in [1.82, 2.24) is 14.7 Å². The Kier molecular flexibility index (Phi) is 6.27. The first-order chi connectivity index (χ1) is 12.5. The normalized spacial score (nSPS) is 20.3. The number of ether oxygens (including phenoxy) is 1. The van der Waals surface area contributed by atoms with Crippen LogP contribution in [-0.2, 0) is 20.9 Å². The van der Waals surface area contributed by atoms with Crippen LogP contribution in [0.4, 0.5) is 0 Å². The maximum absolute atomic E-state index is 12.6. The van der Waals surface area contributed by atoms with Gasteiger partial charge >= 0.3 is 0 Å². The van der Waals surface area contributed by atoms with Crippen LogP contribution in [0.25, 0.3) is 0 Å². The van der Waals surface area contributed by atoms with E-state index in [4.69, 9.17) is 4.74 Å². The number of morpholine rings is 1. The third-order valence-electron chi connectivity index (χ3n) is 5.30. The molecule has 2 amide bonds. The summed E-state index contributed by atoms with van der Waals surface area (Å²) in [5, 5.41) is 0. The second kappa shape index (κ2) is 8.64. The van der Waals surface area contributed by atoms with Gasteiger partial charge in [0.15, 0.2) is 0 Å². The van der Waals surface area contributed by atoms with Gasteiger partial charge in [0.2, 0.25) is 11.8 Å². The highest BCUT2D eigenvalue weighted by Gasteiger charge is 2.29. The lowest BCUT2D eigenvalue weighted by Crippen LogP contribution is -2.53. The fraction of sp³-hybridized carbons (Fsp3) is 0.600. The van der Waals surface area contributed by atoms with Gasteiger partial charge in [-0.3, -0.25) is 14.5 Å². The Balaban J connectivity index is 1.48. The van der Waals surface area contributed by atoms with E-state index in [2.05, 4.69) is 43.0 Å². The molecule has 26 heavy (non-hydrogen) atoms. The maximum atomic E-state index is 12.6. The molecule has 0 saturated carbocycles. The lowest BCUT2D eigenvalue weighted by Gasteiger charge is -2.36. The van der Waals surface area contributed by atoms with Crippen molar-refractivity contribution in [1.29, 1.82) is 0 Å². The molecule has 1 aromatic rings. The van der Waals surface area contributed by atoms with Crippen LogP contribution in [0, 0.1) is 6.92 Å². The van der Waals surface area contributed by atoms with E-state index in [9.17, 15) is 9.59 Å². The lowest BCUT2D eigenvalue weighted by atomic mass is 10.1. The van der Waals surface area contributed by atoms with Crippen LogP contribution in [-0.4, -0.2) is 78.5 Å². The summed E-state index contributed by atoms with van der Waals surface area (Å²) in [4.78, 5) is 30.9. The molecule has 2 saturated heterocycles. The van der Waals surface area contributed by atoms with E-state index in [0.717, 1.165) is 31.9 Å². The van der Waals surface area contributed by atoms with Crippen molar-refractivity contribution in [2.24, 2.45) is 0 Å². The molecular weight excluding hydrogens is 330 g/mol. The molecule has 0 N–H and O–H groups in total. The summed E-state index contributed by atoms with van der Waals surface area (Å²) in [5.74, 6) is 0.108. The third kappa shape index (κ3) is 4.83. The van der Waals surface area contributed by atoms with Crippen LogP contribution in [0.3, 0.4) is 0 Å². The quantitative estimate of drug-likeness (QED) is 0.795. The first kappa shape index (κ1) is 18.9. The molecule has 0 radical (unpaired) electrons. The number of carbonyl (C=O) groups is 2. The Labute approximate surface area is 155 Å². The highest BCUT2D eigenvalue weighted by molar-refractivity contribution is 5.86. The molecule has 1 aromatic carbocycles. The summed E-state index contributed by atoms with van der Waals surface area (Å²) in [6.07, 6.45) is 0.464. The fourth-order valence-electron chi connectivity index (χ4n) is 3.53. The van der Waals surface area contributed by atoms with Gasteiger partial charge in [-0.1, -0.05) is 29.8 Å². The lowest BCUT2D eigenvalue weighted by molar-refractivity contribution is -0.146. The topological polar surface area (TPSA) is 53.1 Å². The number of piperazine rings is 1. The molecule has 2 heterocycles. The van der Waals surface area contributed by atoms with E-state index in [-0.39, 0.29) is 24.4 Å². The van der Waals surface area contributed by atoms with Crippen molar-refractivity contribution in [2.45, 2.75) is 32.9 Å². The van der Waals surface area contributed by atoms with Crippen LogP contribution in [0.2, 0.25) is 0 Å². The third-order valence-corrected chi connectivity index (χ3v) is 5.30. The van der Waals surface area contributed by atoms with Gasteiger partial charge < -0.3 is 14.5 Å². The van der Waals surface area contributed by atoms with Gasteiger partial charge in [-0.15, -0.1) is 0 Å². The Hall–Kier alpha value is -1.92. The van der Waals surface area contributed by atoms with Crippen LogP contribution >= 0.6 is 0 Å². The Bertz CT molecular complexity index is 626. The zero-order chi connectivity index (χ0) is 18.5. The summed E-state index contributed by atoms with van der Waals surface area (Å²) in [7, 11) is 0. The first-order valence-electron chi connectivity index (χ1n) is 9.46. The van der Waals surface area contributed by atoms with Gasteiger partial charge in [0.25, 0.3) is 0 Å². The molecule has 0 aliphatic carbocycles. The van der Waals surface area contributed by atoms with Gasteiger partial charge in [-0.25, -0.2) is 0 Å². The van der Waals surface area contributed by atoms with Crippen LogP contribution in [0.5, 0.6) is 0 Å². The predicted molar refractivity (Wildman–Crippen MR) is 99.6 cm³/mol. The monoisotopic (exact) mass is 359 g/mol. The molecule has 0 aromatic heterocycles. The minimum absolute atomic E-state index is 0.0317. The summed E-state index contributed by atoms with van der Waals surface area (Å²) in [6, 6.07) is 8.43. The van der Waals surface area contributed by atoms with Crippen molar-refractivity contribution in [3.8, 4) is 0 Å². The van der Waals surface area contributed by atoms with Crippen molar-refractivity contribution in [3.63, 3.8) is 0 Å². The second-order valence-electron chi connectivity index (χ2n) is 7.32. The number of nitrogens with zero attached hydrogens (tertiary/aromatic N) is 3. The molecule has 2 aliphatic heterocycles. The van der Waals surface area contributed by atoms with Crippen LogP contribution in [0.15, 0.2) is 24.3 Å². The van der Waals surface area contributed by atoms with Crippen LogP contribution < -0.4 is 0 Å². The highest BCUT2D eigenvalue weighted by Crippen LogP contribution is 2.14. The van der Waals surface area contributed by atoms with Crippen molar-refractivity contribution in [2.75, 3.05) is 45.9 Å². The van der Waals surface area contributed by atoms with Crippen LogP contribution in [0.1, 0.15) is 24.5 Å². The second-order valence-corrected chi connectivity index (χ2v) is 7.32.